The minimum Gasteiger partial charge on any atom is -0.493 e. The molecule has 36 heavy (non-hydrogen) atoms. The Hall–Kier alpha value is -2.78. The van der Waals surface area contributed by atoms with E-state index >= 15 is 0 Å². The van der Waals surface area contributed by atoms with Crippen LogP contribution in [-0.2, 0) is 14.8 Å². The van der Waals surface area contributed by atoms with Gasteiger partial charge in [-0.05, 0) is 63.4 Å². The van der Waals surface area contributed by atoms with E-state index in [0.29, 0.717) is 29.8 Å². The van der Waals surface area contributed by atoms with Crippen molar-refractivity contribution in [2.75, 3.05) is 44.7 Å². The first-order valence-corrected chi connectivity index (χ1v) is 14.1. The van der Waals surface area contributed by atoms with Gasteiger partial charge in [-0.1, -0.05) is 31.0 Å². The Morgan fingerprint density at radius 3 is 2.47 bits per heavy atom. The van der Waals surface area contributed by atoms with Crippen LogP contribution in [0.4, 0.5) is 5.69 Å². The third kappa shape index (κ3) is 6.91. The van der Waals surface area contributed by atoms with Crippen LogP contribution in [-0.4, -0.2) is 65.7 Å². The molecule has 1 aliphatic heterocycles. The van der Waals surface area contributed by atoms with Crippen molar-refractivity contribution in [3.8, 4) is 11.5 Å². The molecular formula is C27H39N3O5S. The van der Waals surface area contributed by atoms with Gasteiger partial charge in [-0.2, -0.15) is 0 Å². The summed E-state index contributed by atoms with van der Waals surface area (Å²) in [5.41, 5.74) is 1.27. The highest BCUT2D eigenvalue weighted by atomic mass is 32.2. The third-order valence-corrected chi connectivity index (χ3v) is 8.50. The lowest BCUT2D eigenvalue weighted by molar-refractivity contribution is -0.119. The number of sulfonamides is 1. The smallest absolute Gasteiger partial charge is 0.264 e. The van der Waals surface area contributed by atoms with E-state index < -0.39 is 10.0 Å². The lowest BCUT2D eigenvalue weighted by Gasteiger charge is -2.35. The Labute approximate surface area is 215 Å². The van der Waals surface area contributed by atoms with Crippen LogP contribution in [0.3, 0.4) is 0 Å². The molecule has 1 atom stereocenters. The number of ether oxygens (including phenoxy) is 2. The number of carbonyl (C=O) groups is 1. The van der Waals surface area contributed by atoms with Gasteiger partial charge in [0.1, 0.15) is 6.54 Å². The summed E-state index contributed by atoms with van der Waals surface area (Å²) in [6.07, 6.45) is 5.71. The summed E-state index contributed by atoms with van der Waals surface area (Å²) in [7, 11) is -1.00. The Morgan fingerprint density at radius 2 is 1.81 bits per heavy atom. The molecule has 9 heteroatoms. The van der Waals surface area contributed by atoms with Crippen LogP contribution >= 0.6 is 0 Å². The number of carbonyl (C=O) groups excluding carboxylic acids is 1. The zero-order valence-electron chi connectivity index (χ0n) is 21.8. The zero-order chi connectivity index (χ0) is 26.1. The highest BCUT2D eigenvalue weighted by Crippen LogP contribution is 2.33. The lowest BCUT2D eigenvalue weighted by atomic mass is 10.00. The molecule has 0 aliphatic carbocycles. The first-order valence-electron chi connectivity index (χ1n) is 12.6. The number of benzene rings is 2. The summed E-state index contributed by atoms with van der Waals surface area (Å²) in [5.74, 6) is 0.499. The zero-order valence-corrected chi connectivity index (χ0v) is 22.6. The van der Waals surface area contributed by atoms with Gasteiger partial charge in [-0.3, -0.25) is 9.10 Å². The van der Waals surface area contributed by atoms with Crippen LogP contribution < -0.4 is 19.1 Å². The van der Waals surface area contributed by atoms with Crippen LogP contribution in [0.25, 0.3) is 0 Å². The van der Waals surface area contributed by atoms with Crippen molar-refractivity contribution in [2.24, 2.45) is 0 Å². The van der Waals surface area contributed by atoms with Crippen molar-refractivity contribution >= 4 is 21.6 Å². The minimum absolute atomic E-state index is 0.117. The van der Waals surface area contributed by atoms with E-state index in [0.717, 1.165) is 35.8 Å². The molecular weight excluding hydrogens is 478 g/mol. The normalized spacial score (nSPS) is 16.4. The number of methoxy groups -OCH3 is 2. The average Bonchev–Trinajstić information content (AvgIpc) is 2.89. The first-order chi connectivity index (χ1) is 17.3. The van der Waals surface area contributed by atoms with Gasteiger partial charge in [0.15, 0.2) is 11.5 Å². The van der Waals surface area contributed by atoms with Crippen LogP contribution in [0, 0.1) is 6.92 Å². The molecule has 2 aromatic rings. The van der Waals surface area contributed by atoms with Gasteiger partial charge < -0.3 is 19.7 Å². The Kier molecular flexibility index (Phi) is 10.0. The van der Waals surface area contributed by atoms with E-state index in [1.54, 1.807) is 42.5 Å². The second-order valence-electron chi connectivity index (χ2n) is 9.16. The Balaban J connectivity index is 1.74. The summed E-state index contributed by atoms with van der Waals surface area (Å²) < 4.78 is 39.0. The average molecular weight is 518 g/mol. The second-order valence-corrected chi connectivity index (χ2v) is 11.0. The van der Waals surface area contributed by atoms with E-state index in [9.17, 15) is 13.2 Å². The van der Waals surface area contributed by atoms with Crippen LogP contribution in [0.2, 0.25) is 0 Å². The molecule has 1 aliphatic rings. The second kappa shape index (κ2) is 13.0. The summed E-state index contributed by atoms with van der Waals surface area (Å²) in [4.78, 5) is 15.5. The number of anilines is 1. The van der Waals surface area contributed by atoms with Crippen molar-refractivity contribution in [3.05, 3.63) is 48.0 Å². The summed E-state index contributed by atoms with van der Waals surface area (Å²) in [5, 5.41) is 2.91. The maximum absolute atomic E-state index is 13.6. The SMILES string of the molecule is CCC1CCCCN1CCCNC(=O)CN(c1ccc(OC)c(OC)c1)S(=O)(=O)c1ccc(C)cc1. The molecule has 198 valence electrons. The number of rotatable bonds is 12. The summed E-state index contributed by atoms with van der Waals surface area (Å²) >= 11 is 0. The number of hydrogen-bond acceptors (Lipinski definition) is 6. The minimum atomic E-state index is -4.00. The third-order valence-electron chi connectivity index (χ3n) is 6.72. The fraction of sp³-hybridized carbons (Fsp3) is 0.519. The fourth-order valence-electron chi connectivity index (χ4n) is 4.65. The quantitative estimate of drug-likeness (QED) is 0.429. The van der Waals surface area contributed by atoms with Crippen molar-refractivity contribution in [3.63, 3.8) is 0 Å². The molecule has 8 nitrogen and oxygen atoms in total. The van der Waals surface area contributed by atoms with Crippen molar-refractivity contribution in [1.29, 1.82) is 0 Å². The number of piperidine rings is 1. The van der Waals surface area contributed by atoms with E-state index in [2.05, 4.69) is 17.1 Å². The van der Waals surface area contributed by atoms with Crippen LogP contribution in [0.5, 0.6) is 11.5 Å². The standard InChI is InChI=1S/C27H39N3O5S/c1-5-22-9-6-7-17-29(22)18-8-16-28-27(31)20-30(23-12-15-25(34-3)26(19-23)35-4)36(32,33)24-13-10-21(2)11-14-24/h10-15,19,22H,5-9,16-18,20H2,1-4H3,(H,28,31). The van der Waals surface area contributed by atoms with Crippen LogP contribution in [0.15, 0.2) is 47.4 Å². The van der Waals surface area contributed by atoms with Gasteiger partial charge in [-0.25, -0.2) is 8.42 Å². The van der Waals surface area contributed by atoms with Crippen LogP contribution in [0.1, 0.15) is 44.6 Å². The van der Waals surface area contributed by atoms with Gasteiger partial charge in [-0.15, -0.1) is 0 Å². The Bertz CT molecular complexity index is 1100. The highest BCUT2D eigenvalue weighted by Gasteiger charge is 2.28. The summed E-state index contributed by atoms with van der Waals surface area (Å²) in [6.45, 7) is 6.31. The number of nitrogens with one attached hydrogen (secondary N) is 1. The molecule has 0 aromatic heterocycles. The number of aryl methyl sites for hydroxylation is 1. The Morgan fingerprint density at radius 1 is 1.08 bits per heavy atom. The lowest BCUT2D eigenvalue weighted by Crippen LogP contribution is -2.43. The highest BCUT2D eigenvalue weighted by molar-refractivity contribution is 7.92. The van der Waals surface area contributed by atoms with Gasteiger partial charge >= 0.3 is 0 Å². The number of likely N-dealkylation sites (tertiary alicyclic amines) is 1. The molecule has 0 radical (unpaired) electrons. The van der Waals surface area contributed by atoms with Gasteiger partial charge in [0.2, 0.25) is 5.91 Å². The molecule has 1 amide bonds. The van der Waals surface area contributed by atoms with E-state index in [-0.39, 0.29) is 17.3 Å². The molecule has 1 unspecified atom stereocenters. The molecule has 1 N–H and O–H groups in total. The largest absolute Gasteiger partial charge is 0.493 e. The number of nitrogens with zero attached hydrogens (tertiary/aromatic N) is 2. The number of amides is 1. The predicted octanol–water partition coefficient (Wildman–Crippen LogP) is 3.98. The van der Waals surface area contributed by atoms with Crippen molar-refractivity contribution < 1.29 is 22.7 Å². The molecule has 1 heterocycles. The molecule has 0 spiro atoms. The van der Waals surface area contributed by atoms with E-state index in [1.807, 2.05) is 6.92 Å². The maximum Gasteiger partial charge on any atom is 0.264 e. The van der Waals surface area contributed by atoms with E-state index in [4.69, 9.17) is 9.47 Å². The molecule has 0 saturated carbocycles. The number of hydrogen-bond donors (Lipinski definition) is 1. The monoisotopic (exact) mass is 517 g/mol. The fourth-order valence-corrected chi connectivity index (χ4v) is 6.06. The van der Waals surface area contributed by atoms with Crippen molar-refractivity contribution in [1.82, 2.24) is 10.2 Å². The molecule has 1 saturated heterocycles. The van der Waals surface area contributed by atoms with Gasteiger partial charge in [0.25, 0.3) is 10.0 Å². The molecule has 1 fully saturated rings. The molecule has 3 rings (SSSR count). The van der Waals surface area contributed by atoms with E-state index in [1.165, 1.54) is 33.5 Å². The van der Waals surface area contributed by atoms with Gasteiger partial charge in [0, 0.05) is 25.2 Å². The topological polar surface area (TPSA) is 88.2 Å². The predicted molar refractivity (Wildman–Crippen MR) is 142 cm³/mol. The summed E-state index contributed by atoms with van der Waals surface area (Å²) in [6, 6.07) is 12.0. The maximum atomic E-state index is 13.6. The first kappa shape index (κ1) is 27.8. The van der Waals surface area contributed by atoms with Crippen molar-refractivity contribution in [2.45, 2.75) is 56.9 Å². The molecule has 0 bridgehead atoms. The van der Waals surface area contributed by atoms with Gasteiger partial charge in [0.05, 0.1) is 24.8 Å². The molecule has 2 aromatic carbocycles.